The van der Waals surface area contributed by atoms with Gasteiger partial charge in [0.2, 0.25) is 0 Å². The molecule has 3 aromatic carbocycles. The van der Waals surface area contributed by atoms with E-state index in [1.165, 1.54) is 18.2 Å². The average molecular weight is 468 g/mol. The Balaban J connectivity index is 1.49. The third kappa shape index (κ3) is 5.24. The van der Waals surface area contributed by atoms with Crippen LogP contribution < -0.4 is 19.1 Å². The zero-order chi connectivity index (χ0) is 23.4. The van der Waals surface area contributed by atoms with Gasteiger partial charge in [0, 0.05) is 5.69 Å². The molecule has 0 unspecified atom stereocenters. The third-order valence-corrected chi connectivity index (χ3v) is 6.21. The lowest BCUT2D eigenvalue weighted by Gasteiger charge is -2.28. The van der Waals surface area contributed by atoms with E-state index >= 15 is 0 Å². The van der Waals surface area contributed by atoms with Crippen molar-refractivity contribution in [3.8, 4) is 11.5 Å². The van der Waals surface area contributed by atoms with Crippen molar-refractivity contribution >= 4 is 33.3 Å². The monoisotopic (exact) mass is 468 g/mol. The van der Waals surface area contributed by atoms with Gasteiger partial charge in [-0.1, -0.05) is 30.3 Å². The van der Waals surface area contributed by atoms with E-state index in [0.29, 0.717) is 18.0 Å². The van der Waals surface area contributed by atoms with Crippen LogP contribution in [-0.4, -0.2) is 38.6 Å². The topological polar surface area (TPSA) is 122 Å². The maximum Gasteiger partial charge on any atom is 0.323 e. The van der Waals surface area contributed by atoms with Gasteiger partial charge in [0.1, 0.15) is 24.7 Å². The van der Waals surface area contributed by atoms with E-state index in [9.17, 15) is 18.0 Å². The van der Waals surface area contributed by atoms with E-state index in [1.54, 1.807) is 24.3 Å². The van der Waals surface area contributed by atoms with Gasteiger partial charge in [-0.25, -0.2) is 8.42 Å². The zero-order valence-electron chi connectivity index (χ0n) is 17.3. The quantitative estimate of drug-likeness (QED) is 0.521. The standard InChI is InChI=1S/C23H20N2O7S/c26-22-15-32-21-11-10-19(12-20(21)25(22)13-23(27)28)33(29,30)24-17-6-8-18(9-7-17)31-14-16-4-2-1-3-5-16/h1-12,24H,13-15H2,(H,27,28). The Morgan fingerprint density at radius 2 is 1.79 bits per heavy atom. The average Bonchev–Trinajstić information content (AvgIpc) is 2.80. The highest BCUT2D eigenvalue weighted by Crippen LogP contribution is 2.34. The first-order valence-corrected chi connectivity index (χ1v) is 11.4. The summed E-state index contributed by atoms with van der Waals surface area (Å²) in [6.07, 6.45) is 0. The molecule has 0 saturated heterocycles. The minimum atomic E-state index is -4.02. The molecular weight excluding hydrogens is 448 g/mol. The first-order chi connectivity index (χ1) is 15.8. The summed E-state index contributed by atoms with van der Waals surface area (Å²) in [5, 5.41) is 9.08. The highest BCUT2D eigenvalue weighted by molar-refractivity contribution is 7.92. The van der Waals surface area contributed by atoms with Crippen molar-refractivity contribution in [1.29, 1.82) is 0 Å². The molecule has 0 radical (unpaired) electrons. The van der Waals surface area contributed by atoms with Gasteiger partial charge in [-0.2, -0.15) is 0 Å². The smallest absolute Gasteiger partial charge is 0.323 e. The molecule has 0 aromatic heterocycles. The van der Waals surface area contributed by atoms with E-state index < -0.39 is 28.4 Å². The van der Waals surface area contributed by atoms with Gasteiger partial charge in [0.25, 0.3) is 15.9 Å². The summed E-state index contributed by atoms with van der Waals surface area (Å²) < 4.78 is 39.2. The Morgan fingerprint density at radius 1 is 1.06 bits per heavy atom. The van der Waals surface area contributed by atoms with Gasteiger partial charge in [0.15, 0.2) is 6.61 Å². The number of anilines is 2. The van der Waals surface area contributed by atoms with Crippen molar-refractivity contribution in [2.45, 2.75) is 11.5 Å². The molecule has 0 bridgehead atoms. The number of carbonyl (C=O) groups excluding carboxylic acids is 1. The first kappa shape index (κ1) is 22.2. The van der Waals surface area contributed by atoms with Gasteiger partial charge in [-0.15, -0.1) is 0 Å². The normalized spacial score (nSPS) is 13.1. The van der Waals surface area contributed by atoms with E-state index in [0.717, 1.165) is 10.5 Å². The summed E-state index contributed by atoms with van der Waals surface area (Å²) in [6, 6.07) is 20.0. The fraction of sp³-hybridized carbons (Fsp3) is 0.130. The summed E-state index contributed by atoms with van der Waals surface area (Å²) >= 11 is 0. The number of sulfonamides is 1. The van der Waals surface area contributed by atoms with Gasteiger partial charge in [-0.3, -0.25) is 19.2 Å². The zero-order valence-corrected chi connectivity index (χ0v) is 18.1. The Bertz CT molecular complexity index is 1280. The van der Waals surface area contributed by atoms with Crippen LogP contribution in [0.4, 0.5) is 11.4 Å². The number of nitrogens with zero attached hydrogens (tertiary/aromatic N) is 1. The maximum absolute atomic E-state index is 12.9. The third-order valence-electron chi connectivity index (χ3n) is 4.83. The second-order valence-electron chi connectivity index (χ2n) is 7.20. The molecule has 1 amide bonds. The highest BCUT2D eigenvalue weighted by atomic mass is 32.2. The molecule has 1 heterocycles. The van der Waals surface area contributed by atoms with Crippen molar-refractivity contribution in [3.05, 3.63) is 78.4 Å². The number of carboxylic acid groups (broad SMARTS) is 1. The molecular formula is C23H20N2O7S. The van der Waals surface area contributed by atoms with E-state index in [2.05, 4.69) is 4.72 Å². The molecule has 0 spiro atoms. The number of nitrogens with one attached hydrogen (secondary N) is 1. The number of carboxylic acids is 1. The predicted molar refractivity (Wildman–Crippen MR) is 120 cm³/mol. The van der Waals surface area contributed by atoms with Crippen molar-refractivity contribution in [2.24, 2.45) is 0 Å². The van der Waals surface area contributed by atoms with Crippen molar-refractivity contribution in [1.82, 2.24) is 0 Å². The summed E-state index contributed by atoms with van der Waals surface area (Å²) in [6.45, 7) is -0.533. The summed E-state index contributed by atoms with van der Waals surface area (Å²) in [7, 11) is -4.02. The Morgan fingerprint density at radius 3 is 2.48 bits per heavy atom. The van der Waals surface area contributed by atoms with Crippen molar-refractivity contribution in [2.75, 3.05) is 22.8 Å². The molecule has 4 rings (SSSR count). The SMILES string of the molecule is O=C(O)CN1C(=O)COc2ccc(S(=O)(=O)Nc3ccc(OCc4ccccc4)cc3)cc21. The van der Waals surface area contributed by atoms with Gasteiger partial charge >= 0.3 is 5.97 Å². The van der Waals surface area contributed by atoms with Crippen LogP contribution in [0.3, 0.4) is 0 Å². The predicted octanol–water partition coefficient (Wildman–Crippen LogP) is 2.88. The van der Waals surface area contributed by atoms with Gasteiger partial charge in [-0.05, 0) is 48.0 Å². The molecule has 10 heteroatoms. The molecule has 9 nitrogen and oxygen atoms in total. The Kier molecular flexibility index (Phi) is 6.18. The number of hydrogen-bond acceptors (Lipinski definition) is 6. The molecule has 1 aliphatic rings. The van der Waals surface area contributed by atoms with Crippen molar-refractivity contribution in [3.63, 3.8) is 0 Å². The number of fused-ring (bicyclic) bond motifs is 1. The van der Waals surface area contributed by atoms with Crippen LogP contribution in [0.5, 0.6) is 11.5 Å². The second kappa shape index (κ2) is 9.21. The molecule has 0 aliphatic carbocycles. The lowest BCUT2D eigenvalue weighted by molar-refractivity contribution is -0.137. The Hall–Kier alpha value is -4.05. The minimum Gasteiger partial charge on any atom is -0.489 e. The number of aliphatic carboxylic acids is 1. The summed E-state index contributed by atoms with van der Waals surface area (Å²) in [5.41, 5.74) is 1.41. The summed E-state index contributed by atoms with van der Waals surface area (Å²) in [5.74, 6) is -0.985. The lowest BCUT2D eigenvalue weighted by Crippen LogP contribution is -2.42. The number of amides is 1. The number of hydrogen-bond donors (Lipinski definition) is 2. The molecule has 0 atom stereocenters. The number of carbonyl (C=O) groups is 2. The van der Waals surface area contributed by atoms with Crippen LogP contribution in [0.25, 0.3) is 0 Å². The van der Waals surface area contributed by atoms with Crippen molar-refractivity contribution < 1.29 is 32.6 Å². The fourth-order valence-corrected chi connectivity index (χ4v) is 4.31. The maximum atomic E-state index is 12.9. The van der Waals surface area contributed by atoms with Gasteiger partial charge < -0.3 is 14.6 Å². The highest BCUT2D eigenvalue weighted by Gasteiger charge is 2.29. The van der Waals surface area contributed by atoms with E-state index in [-0.39, 0.29) is 22.9 Å². The molecule has 33 heavy (non-hydrogen) atoms. The van der Waals surface area contributed by atoms with Crippen LogP contribution in [0.2, 0.25) is 0 Å². The van der Waals surface area contributed by atoms with Crippen LogP contribution in [0.15, 0.2) is 77.7 Å². The fourth-order valence-electron chi connectivity index (χ4n) is 3.23. The van der Waals surface area contributed by atoms with Crippen LogP contribution in [0.1, 0.15) is 5.56 Å². The molecule has 3 aromatic rings. The second-order valence-corrected chi connectivity index (χ2v) is 8.88. The van der Waals surface area contributed by atoms with E-state index in [4.69, 9.17) is 14.6 Å². The molecule has 170 valence electrons. The van der Waals surface area contributed by atoms with Crippen LogP contribution in [0, 0.1) is 0 Å². The number of benzene rings is 3. The largest absolute Gasteiger partial charge is 0.489 e. The molecule has 0 fully saturated rings. The molecule has 2 N–H and O–H groups in total. The van der Waals surface area contributed by atoms with Gasteiger partial charge in [0.05, 0.1) is 10.6 Å². The van der Waals surface area contributed by atoms with E-state index in [1.807, 2.05) is 30.3 Å². The number of rotatable bonds is 8. The molecule has 1 aliphatic heterocycles. The summed E-state index contributed by atoms with van der Waals surface area (Å²) in [4.78, 5) is 24.1. The number of ether oxygens (including phenoxy) is 2. The Labute approximate surface area is 190 Å². The van der Waals surface area contributed by atoms with Crippen LogP contribution >= 0.6 is 0 Å². The molecule has 0 saturated carbocycles. The lowest BCUT2D eigenvalue weighted by atomic mass is 10.2. The minimum absolute atomic E-state index is 0.0844. The van der Waals surface area contributed by atoms with Crippen LogP contribution in [-0.2, 0) is 26.2 Å². The first-order valence-electron chi connectivity index (χ1n) is 9.90.